The number of anilines is 3. The minimum absolute atomic E-state index is 0.0345. The molecule has 0 radical (unpaired) electrons. The molecule has 0 spiro atoms. The maximum atomic E-state index is 12.1. The molecule has 2 aliphatic heterocycles. The van der Waals surface area contributed by atoms with Crippen LogP contribution in [0.2, 0.25) is 5.02 Å². The summed E-state index contributed by atoms with van der Waals surface area (Å²) in [7, 11) is 0. The van der Waals surface area contributed by atoms with Crippen LogP contribution in [-0.2, 0) is 9.59 Å². The monoisotopic (exact) mass is 509 g/mol. The van der Waals surface area contributed by atoms with E-state index in [1.54, 1.807) is 22.9 Å². The van der Waals surface area contributed by atoms with Gasteiger partial charge in [-0.15, -0.1) is 0 Å². The third kappa shape index (κ3) is 5.51. The maximum absolute atomic E-state index is 12.1. The van der Waals surface area contributed by atoms with Gasteiger partial charge in [0.25, 0.3) is 5.91 Å². The van der Waals surface area contributed by atoms with Crippen molar-refractivity contribution >= 4 is 52.5 Å². The molecule has 0 saturated carbocycles. The Morgan fingerprint density at radius 2 is 2.08 bits per heavy atom. The van der Waals surface area contributed by atoms with E-state index >= 15 is 0 Å². The molecule has 11 heteroatoms. The van der Waals surface area contributed by atoms with Crippen molar-refractivity contribution in [3.8, 4) is 0 Å². The molecule has 2 amide bonds. The first-order valence-electron chi connectivity index (χ1n) is 12.0. The molecule has 5 rings (SSSR count). The molecular formula is C25H28ClN7O3. The molecule has 1 unspecified atom stereocenters. The van der Waals surface area contributed by atoms with Crippen molar-refractivity contribution in [3.63, 3.8) is 0 Å². The molecule has 10 nitrogen and oxygen atoms in total. The zero-order valence-corrected chi connectivity index (χ0v) is 20.6. The molecule has 2 fully saturated rings. The molecule has 0 aliphatic carbocycles. The molecule has 2 aliphatic rings. The number of carbonyl (C=O) groups excluding carboxylic acids is 2. The summed E-state index contributed by atoms with van der Waals surface area (Å²) >= 11 is 6.16. The molecule has 1 aromatic carbocycles. The first-order chi connectivity index (χ1) is 17.3. The number of rotatable bonds is 7. The summed E-state index contributed by atoms with van der Waals surface area (Å²) in [6.45, 7) is 4.27. The summed E-state index contributed by atoms with van der Waals surface area (Å²) < 4.78 is 1.71. The summed E-state index contributed by atoms with van der Waals surface area (Å²) in [6.07, 6.45) is 4.85. The molecule has 36 heavy (non-hydrogen) atoms. The Morgan fingerprint density at radius 1 is 1.28 bits per heavy atom. The number of nitrogens with zero attached hydrogens (tertiary/aromatic N) is 4. The van der Waals surface area contributed by atoms with Crippen LogP contribution in [0.15, 0.2) is 42.1 Å². The van der Waals surface area contributed by atoms with Crippen molar-refractivity contribution in [2.45, 2.75) is 38.3 Å². The molecule has 0 bridgehead atoms. The van der Waals surface area contributed by atoms with E-state index in [-0.39, 0.29) is 24.5 Å². The van der Waals surface area contributed by atoms with Gasteiger partial charge in [-0.2, -0.15) is 9.61 Å². The standard InChI is InChI=1S/C25H28ClN7O3/c1-15(34)14-32-7-5-19(6-8-32)29-22-12-21(28-20-4-2-3-18(26)11-20)30-24-17(13-27-33(22)24)9-16-10-23(35)31-25(16)36/h2-4,9,11-13,15,19,29,34H,5-8,10,14H2,1H3,(H,28,30)(H,31,35,36)/b16-9+. The van der Waals surface area contributed by atoms with E-state index in [0.717, 1.165) is 37.4 Å². The number of halogens is 1. The van der Waals surface area contributed by atoms with E-state index in [2.05, 4.69) is 25.9 Å². The van der Waals surface area contributed by atoms with Crippen molar-refractivity contribution in [3.05, 3.63) is 52.7 Å². The van der Waals surface area contributed by atoms with Gasteiger partial charge in [-0.1, -0.05) is 17.7 Å². The van der Waals surface area contributed by atoms with Crippen LogP contribution in [0.4, 0.5) is 17.3 Å². The topological polar surface area (TPSA) is 124 Å². The SMILES string of the molecule is CC(O)CN1CCC(Nc2cc(Nc3cccc(Cl)c3)nc3c(/C=C4\CC(=O)NC4=O)cnn23)CC1. The lowest BCUT2D eigenvalue weighted by atomic mass is 10.0. The number of hydrogen-bond donors (Lipinski definition) is 4. The van der Waals surface area contributed by atoms with Crippen LogP contribution in [0.5, 0.6) is 0 Å². The van der Waals surface area contributed by atoms with Crippen LogP contribution >= 0.6 is 11.6 Å². The maximum Gasteiger partial charge on any atom is 0.254 e. The Kier molecular flexibility index (Phi) is 6.90. The van der Waals surface area contributed by atoms with Crippen LogP contribution < -0.4 is 16.0 Å². The number of benzene rings is 1. The van der Waals surface area contributed by atoms with Gasteiger partial charge in [0.1, 0.15) is 11.6 Å². The number of amides is 2. The van der Waals surface area contributed by atoms with Gasteiger partial charge in [0.05, 0.1) is 18.7 Å². The number of aliphatic hydroxyl groups excluding tert-OH is 1. The predicted octanol–water partition coefficient (Wildman–Crippen LogP) is 2.81. The predicted molar refractivity (Wildman–Crippen MR) is 138 cm³/mol. The van der Waals surface area contributed by atoms with Gasteiger partial charge >= 0.3 is 0 Å². The lowest BCUT2D eigenvalue weighted by Gasteiger charge is -2.33. The fourth-order valence-corrected chi connectivity index (χ4v) is 4.80. The second-order valence-corrected chi connectivity index (χ2v) is 9.73. The van der Waals surface area contributed by atoms with Crippen LogP contribution in [0, 0.1) is 0 Å². The minimum atomic E-state index is -0.394. The van der Waals surface area contributed by atoms with E-state index in [0.29, 0.717) is 34.2 Å². The summed E-state index contributed by atoms with van der Waals surface area (Å²) in [6, 6.07) is 9.49. The van der Waals surface area contributed by atoms with Gasteiger partial charge in [0.15, 0.2) is 5.65 Å². The number of carbonyl (C=O) groups is 2. The van der Waals surface area contributed by atoms with Crippen LogP contribution in [-0.4, -0.2) is 68.2 Å². The number of likely N-dealkylation sites (tertiary alicyclic amines) is 1. The van der Waals surface area contributed by atoms with Gasteiger partial charge in [-0.25, -0.2) is 4.98 Å². The summed E-state index contributed by atoms with van der Waals surface area (Å²) in [5.41, 5.74) is 2.36. The molecule has 2 aromatic heterocycles. The highest BCUT2D eigenvalue weighted by molar-refractivity contribution is 6.30. The van der Waals surface area contributed by atoms with E-state index in [4.69, 9.17) is 16.6 Å². The Hall–Kier alpha value is -3.47. The fourth-order valence-electron chi connectivity index (χ4n) is 4.61. The number of β-amino-alcohol motifs (C(OH)–C–C–N with tert-alkyl or cyclic N) is 1. The van der Waals surface area contributed by atoms with Crippen LogP contribution in [0.3, 0.4) is 0 Å². The Labute approximate surface area is 213 Å². The first kappa shape index (κ1) is 24.2. The quantitative estimate of drug-likeness (QED) is 0.283. The molecule has 188 valence electrons. The average molecular weight is 510 g/mol. The van der Waals surface area contributed by atoms with Crippen molar-refractivity contribution < 1.29 is 14.7 Å². The highest BCUT2D eigenvalue weighted by Crippen LogP contribution is 2.27. The van der Waals surface area contributed by atoms with Crippen molar-refractivity contribution in [2.24, 2.45) is 0 Å². The van der Waals surface area contributed by atoms with Crippen molar-refractivity contribution in [1.82, 2.24) is 24.8 Å². The zero-order valence-electron chi connectivity index (χ0n) is 19.9. The lowest BCUT2D eigenvalue weighted by Crippen LogP contribution is -2.42. The van der Waals surface area contributed by atoms with E-state index in [1.165, 1.54) is 0 Å². The van der Waals surface area contributed by atoms with Gasteiger partial charge in [-0.05, 0) is 44.0 Å². The average Bonchev–Trinajstić information content (AvgIpc) is 3.37. The van der Waals surface area contributed by atoms with Crippen molar-refractivity contribution in [1.29, 1.82) is 0 Å². The van der Waals surface area contributed by atoms with Gasteiger partial charge in [0, 0.05) is 53.6 Å². The van der Waals surface area contributed by atoms with Gasteiger partial charge in [-0.3, -0.25) is 14.9 Å². The molecular weight excluding hydrogens is 482 g/mol. The largest absolute Gasteiger partial charge is 0.392 e. The second-order valence-electron chi connectivity index (χ2n) is 9.29. The molecule has 3 aromatic rings. The summed E-state index contributed by atoms with van der Waals surface area (Å²) in [4.78, 5) is 30.8. The second kappa shape index (κ2) is 10.3. The Bertz CT molecular complexity index is 1330. The molecule has 4 heterocycles. The van der Waals surface area contributed by atoms with Crippen LogP contribution in [0.1, 0.15) is 31.7 Å². The van der Waals surface area contributed by atoms with E-state index in [9.17, 15) is 14.7 Å². The van der Waals surface area contributed by atoms with E-state index in [1.807, 2.05) is 31.2 Å². The lowest BCUT2D eigenvalue weighted by molar-refractivity contribution is -0.124. The number of nitrogens with one attached hydrogen (secondary N) is 3. The molecule has 1 atom stereocenters. The number of aromatic nitrogens is 3. The number of piperidine rings is 1. The van der Waals surface area contributed by atoms with Crippen LogP contribution in [0.25, 0.3) is 11.7 Å². The number of aliphatic hydroxyl groups is 1. The third-order valence-corrected chi connectivity index (χ3v) is 6.52. The highest BCUT2D eigenvalue weighted by Gasteiger charge is 2.25. The minimum Gasteiger partial charge on any atom is -0.392 e. The highest BCUT2D eigenvalue weighted by atomic mass is 35.5. The number of imide groups is 1. The summed E-state index contributed by atoms with van der Waals surface area (Å²) in [5.74, 6) is 0.638. The Morgan fingerprint density at radius 3 is 2.78 bits per heavy atom. The first-order valence-corrected chi connectivity index (χ1v) is 12.3. The molecule has 4 N–H and O–H groups in total. The fraction of sp³-hybridized carbons (Fsp3) is 0.360. The zero-order chi connectivity index (χ0) is 25.2. The normalized spacial score (nSPS) is 19.1. The smallest absolute Gasteiger partial charge is 0.254 e. The summed E-state index contributed by atoms with van der Waals surface area (Å²) in [5, 5.41) is 24.0. The molecule has 2 saturated heterocycles. The number of fused-ring (bicyclic) bond motifs is 1. The van der Waals surface area contributed by atoms with Gasteiger partial charge < -0.3 is 20.6 Å². The van der Waals surface area contributed by atoms with Gasteiger partial charge in [0.2, 0.25) is 5.91 Å². The van der Waals surface area contributed by atoms with E-state index < -0.39 is 5.91 Å². The Balaban J connectivity index is 1.46. The third-order valence-electron chi connectivity index (χ3n) is 6.28. The van der Waals surface area contributed by atoms with Crippen molar-refractivity contribution in [2.75, 3.05) is 30.3 Å². The number of hydrogen-bond acceptors (Lipinski definition) is 8.